The van der Waals surface area contributed by atoms with Crippen molar-refractivity contribution in [2.45, 2.75) is 91.0 Å². The fourth-order valence-corrected chi connectivity index (χ4v) is 6.18. The van der Waals surface area contributed by atoms with Gasteiger partial charge in [0.1, 0.15) is 12.2 Å². The Morgan fingerprint density at radius 1 is 1.22 bits per heavy atom. The van der Waals surface area contributed by atoms with Crippen molar-refractivity contribution in [3.63, 3.8) is 0 Å². The number of ketones is 1. The fraction of sp³-hybridized carbons (Fsp3) is 0.792. The van der Waals surface area contributed by atoms with Gasteiger partial charge in [-0.15, -0.1) is 0 Å². The maximum atomic E-state index is 13.0. The predicted molar refractivity (Wildman–Crippen MR) is 114 cm³/mol. The van der Waals surface area contributed by atoms with Crippen molar-refractivity contribution in [2.75, 3.05) is 14.2 Å². The normalized spacial score (nSPS) is 38.1. The van der Waals surface area contributed by atoms with Crippen LogP contribution in [-0.4, -0.2) is 56.2 Å². The first kappa shape index (κ1) is 24.9. The third kappa shape index (κ3) is 3.90. The van der Waals surface area contributed by atoms with E-state index in [0.717, 1.165) is 0 Å². The molecule has 32 heavy (non-hydrogen) atoms. The van der Waals surface area contributed by atoms with Crippen LogP contribution in [0.2, 0.25) is 0 Å². The molecule has 6 atom stereocenters. The topological polar surface area (TPSA) is 97.4 Å². The lowest BCUT2D eigenvalue weighted by molar-refractivity contribution is -0.264. The number of Topliss-reactive ketones (excluding diaryl/α,β-unsaturated/α-hetero) is 1. The van der Waals surface area contributed by atoms with Gasteiger partial charge in [0.15, 0.2) is 11.6 Å². The fourth-order valence-electron chi connectivity index (χ4n) is 6.18. The quantitative estimate of drug-likeness (QED) is 0.518. The first-order valence-electron chi connectivity index (χ1n) is 11.3. The number of ether oxygens (including phenoxy) is 5. The summed E-state index contributed by atoms with van der Waals surface area (Å²) >= 11 is 0. The first-order valence-corrected chi connectivity index (χ1v) is 11.3. The van der Waals surface area contributed by atoms with E-state index in [1.807, 2.05) is 20.8 Å². The molecule has 0 aromatic rings. The molecule has 1 saturated carbocycles. The number of methoxy groups -OCH3 is 2. The number of esters is 2. The second kappa shape index (κ2) is 8.88. The van der Waals surface area contributed by atoms with Crippen LogP contribution in [0.25, 0.3) is 0 Å². The third-order valence-electron chi connectivity index (χ3n) is 7.82. The van der Waals surface area contributed by atoms with Gasteiger partial charge < -0.3 is 23.7 Å². The van der Waals surface area contributed by atoms with Crippen LogP contribution >= 0.6 is 0 Å². The van der Waals surface area contributed by atoms with E-state index in [1.165, 1.54) is 14.0 Å². The summed E-state index contributed by atoms with van der Waals surface area (Å²) in [5.74, 6) is -2.05. The molecule has 180 valence electrons. The second-order valence-corrected chi connectivity index (χ2v) is 9.87. The van der Waals surface area contributed by atoms with Gasteiger partial charge in [0.2, 0.25) is 6.29 Å². The molecule has 1 aliphatic carbocycles. The zero-order chi connectivity index (χ0) is 23.9. The summed E-state index contributed by atoms with van der Waals surface area (Å²) in [5.41, 5.74) is -0.530. The van der Waals surface area contributed by atoms with E-state index in [-0.39, 0.29) is 23.8 Å². The Bertz CT molecular complexity index is 802. The molecule has 0 aromatic heterocycles. The Kier molecular flexibility index (Phi) is 6.90. The Morgan fingerprint density at radius 2 is 1.91 bits per heavy atom. The average Bonchev–Trinajstić information content (AvgIpc) is 3.23. The number of carbonyl (C=O) groups excluding carboxylic acids is 3. The Morgan fingerprint density at radius 3 is 2.44 bits per heavy atom. The minimum Gasteiger partial charge on any atom is -0.462 e. The monoisotopic (exact) mass is 452 g/mol. The highest BCUT2D eigenvalue weighted by molar-refractivity contribution is 5.90. The van der Waals surface area contributed by atoms with Crippen LogP contribution in [-0.2, 0) is 38.1 Å². The van der Waals surface area contributed by atoms with E-state index >= 15 is 0 Å². The molecule has 0 aromatic carbocycles. The van der Waals surface area contributed by atoms with Crippen LogP contribution in [0.15, 0.2) is 11.6 Å². The number of hydrogen-bond donors (Lipinski definition) is 0. The van der Waals surface area contributed by atoms with Crippen molar-refractivity contribution < 1.29 is 38.1 Å². The van der Waals surface area contributed by atoms with Gasteiger partial charge in [-0.2, -0.15) is 0 Å². The van der Waals surface area contributed by atoms with Gasteiger partial charge in [-0.25, -0.2) is 4.79 Å². The molecule has 0 radical (unpaired) electrons. The molecule has 0 bridgehead atoms. The van der Waals surface area contributed by atoms with Crippen LogP contribution in [0, 0.1) is 16.7 Å². The highest BCUT2D eigenvalue weighted by atomic mass is 16.7. The van der Waals surface area contributed by atoms with Crippen LogP contribution in [0.3, 0.4) is 0 Å². The van der Waals surface area contributed by atoms with E-state index in [0.29, 0.717) is 37.7 Å². The highest BCUT2D eigenvalue weighted by Gasteiger charge is 2.70. The van der Waals surface area contributed by atoms with Crippen LogP contribution in [0.1, 0.15) is 66.7 Å². The summed E-state index contributed by atoms with van der Waals surface area (Å²) in [5, 5.41) is 0. The van der Waals surface area contributed by atoms with Crippen molar-refractivity contribution >= 4 is 17.7 Å². The molecule has 2 aliphatic heterocycles. The summed E-state index contributed by atoms with van der Waals surface area (Å²) in [6.45, 7) is 9.39. The summed E-state index contributed by atoms with van der Waals surface area (Å²) in [6.07, 6.45) is 2.35. The zero-order valence-corrected chi connectivity index (χ0v) is 20.2. The molecule has 8 heteroatoms. The summed E-state index contributed by atoms with van der Waals surface area (Å²) in [6, 6.07) is 0. The predicted octanol–water partition coefficient (Wildman–Crippen LogP) is 3.32. The molecular weight excluding hydrogens is 416 g/mol. The van der Waals surface area contributed by atoms with Crippen LogP contribution in [0.4, 0.5) is 0 Å². The first-order chi connectivity index (χ1) is 15.0. The molecule has 3 rings (SSSR count). The minimum absolute atomic E-state index is 0.00404. The van der Waals surface area contributed by atoms with Gasteiger partial charge in [0, 0.05) is 56.3 Å². The molecular formula is C24H36O8. The summed E-state index contributed by atoms with van der Waals surface area (Å²) < 4.78 is 28.5. The number of fused-ring (bicyclic) bond motifs is 1. The minimum atomic E-state index is -1.07. The standard InChI is InChI=1S/C24H36O8/c1-8-16(26)19-20-22(3,4)17(30-14(2)25)10-11-23(20,5)24(29-7,32-19)12-9-15-13-18(28-6)31-21(15)27/h13,17-20H,8-12H2,1-7H3/t17-,18?,19-,20+,23+,24-/m1/s1. The molecule has 0 spiro atoms. The van der Waals surface area contributed by atoms with Gasteiger partial charge >= 0.3 is 11.9 Å². The highest BCUT2D eigenvalue weighted by Crippen LogP contribution is 2.65. The molecule has 8 nitrogen and oxygen atoms in total. The number of rotatable bonds is 8. The lowest BCUT2D eigenvalue weighted by Crippen LogP contribution is -2.58. The van der Waals surface area contributed by atoms with Gasteiger partial charge in [-0.3, -0.25) is 9.59 Å². The summed E-state index contributed by atoms with van der Waals surface area (Å²) in [7, 11) is 3.07. The number of cyclic esters (lactones) is 1. The van der Waals surface area contributed by atoms with Crippen molar-refractivity contribution in [3.05, 3.63) is 11.6 Å². The zero-order valence-electron chi connectivity index (χ0n) is 20.2. The Labute approximate surface area is 189 Å². The van der Waals surface area contributed by atoms with E-state index in [1.54, 1.807) is 13.2 Å². The third-order valence-corrected chi connectivity index (χ3v) is 7.82. The Balaban J connectivity index is 1.97. The molecule has 1 unspecified atom stereocenters. The lowest BCUT2D eigenvalue weighted by atomic mass is 9.51. The number of carbonyl (C=O) groups is 3. The van der Waals surface area contributed by atoms with Gasteiger partial charge in [0.05, 0.1) is 0 Å². The summed E-state index contributed by atoms with van der Waals surface area (Å²) in [4.78, 5) is 37.0. The van der Waals surface area contributed by atoms with E-state index in [4.69, 9.17) is 23.7 Å². The second-order valence-electron chi connectivity index (χ2n) is 9.87. The smallest absolute Gasteiger partial charge is 0.336 e. The average molecular weight is 453 g/mol. The molecule has 1 saturated heterocycles. The lowest BCUT2D eigenvalue weighted by Gasteiger charge is -2.54. The van der Waals surface area contributed by atoms with Crippen molar-refractivity contribution in [2.24, 2.45) is 16.7 Å². The molecule has 3 aliphatic rings. The van der Waals surface area contributed by atoms with Crippen molar-refractivity contribution in [1.29, 1.82) is 0 Å². The number of hydrogen-bond acceptors (Lipinski definition) is 8. The van der Waals surface area contributed by atoms with Crippen LogP contribution < -0.4 is 0 Å². The molecule has 2 heterocycles. The molecule has 0 amide bonds. The molecule has 2 fully saturated rings. The largest absolute Gasteiger partial charge is 0.462 e. The molecule has 0 N–H and O–H groups in total. The van der Waals surface area contributed by atoms with E-state index in [2.05, 4.69) is 6.92 Å². The van der Waals surface area contributed by atoms with E-state index < -0.39 is 35.0 Å². The van der Waals surface area contributed by atoms with Crippen LogP contribution in [0.5, 0.6) is 0 Å². The van der Waals surface area contributed by atoms with E-state index in [9.17, 15) is 14.4 Å². The maximum absolute atomic E-state index is 13.0. The van der Waals surface area contributed by atoms with Gasteiger partial charge in [0.25, 0.3) is 0 Å². The Hall–Kier alpha value is -1.77. The van der Waals surface area contributed by atoms with Gasteiger partial charge in [-0.1, -0.05) is 27.7 Å². The van der Waals surface area contributed by atoms with Gasteiger partial charge in [-0.05, 0) is 25.3 Å². The van der Waals surface area contributed by atoms with Crippen molar-refractivity contribution in [1.82, 2.24) is 0 Å². The SMILES string of the molecule is CCC(=O)[C@H]1O[C@@](CCC2=CC(OC)OC2=O)(OC)[C@@]2(C)CC[C@@H](OC(C)=O)C(C)(C)[C@H]12. The maximum Gasteiger partial charge on any atom is 0.336 e. The van der Waals surface area contributed by atoms with Crippen molar-refractivity contribution in [3.8, 4) is 0 Å².